The number of esters is 1. The maximum Gasteiger partial charge on any atom is 0.338 e. The normalized spacial score (nSPS) is 23.6. The Labute approximate surface area is 136 Å². The molecule has 3 aliphatic rings. The molecule has 2 nitrogen and oxygen atoms in total. The van der Waals surface area contributed by atoms with E-state index >= 15 is 0 Å². The van der Waals surface area contributed by atoms with Crippen molar-refractivity contribution in [1.29, 1.82) is 0 Å². The molecule has 0 saturated heterocycles. The molecule has 0 amide bonds. The first-order valence-electron chi connectivity index (χ1n) is 7.94. The molecule has 2 aromatic rings. The van der Waals surface area contributed by atoms with Crippen LogP contribution in [-0.2, 0) is 9.53 Å². The molecule has 1 unspecified atom stereocenters. The molecule has 2 bridgehead atoms. The van der Waals surface area contributed by atoms with E-state index in [9.17, 15) is 4.79 Å². The highest BCUT2D eigenvalue weighted by Gasteiger charge is 2.44. The molecule has 2 heteroatoms. The standard InChI is InChI=1S/C21H18O2/c1-13-14(11-12-19(22)23-2)21-17-9-5-3-7-15(17)20(13)16-8-4-6-10-18(16)21/h3-10,12-13,20-21H,1-2H3. The number of ether oxygens (including phenoxy) is 1. The van der Waals surface area contributed by atoms with E-state index in [1.165, 1.54) is 41.0 Å². The van der Waals surface area contributed by atoms with Crippen molar-refractivity contribution in [3.63, 3.8) is 0 Å². The molecule has 0 spiro atoms. The summed E-state index contributed by atoms with van der Waals surface area (Å²) in [5.41, 5.74) is 9.94. The van der Waals surface area contributed by atoms with Crippen molar-refractivity contribution >= 4 is 5.97 Å². The smallest absolute Gasteiger partial charge is 0.338 e. The quantitative estimate of drug-likeness (QED) is 0.449. The third-order valence-electron chi connectivity index (χ3n) is 5.14. The molecule has 0 fully saturated rings. The summed E-state index contributed by atoms with van der Waals surface area (Å²) in [5.74, 6) is 0.489. The lowest BCUT2D eigenvalue weighted by molar-refractivity contribution is -0.134. The van der Waals surface area contributed by atoms with Crippen molar-refractivity contribution in [2.75, 3.05) is 7.11 Å². The number of fused-ring (bicyclic) bond motifs is 1. The summed E-state index contributed by atoms with van der Waals surface area (Å²) in [4.78, 5) is 11.5. The molecule has 0 heterocycles. The monoisotopic (exact) mass is 302 g/mol. The van der Waals surface area contributed by atoms with Crippen LogP contribution < -0.4 is 0 Å². The predicted molar refractivity (Wildman–Crippen MR) is 89.3 cm³/mol. The van der Waals surface area contributed by atoms with Gasteiger partial charge in [0.2, 0.25) is 0 Å². The number of hydrogen-bond acceptors (Lipinski definition) is 2. The molecule has 3 aliphatic carbocycles. The highest BCUT2D eigenvalue weighted by molar-refractivity contribution is 5.81. The van der Waals surface area contributed by atoms with Crippen molar-refractivity contribution in [3.8, 4) is 0 Å². The van der Waals surface area contributed by atoms with Gasteiger partial charge in [-0.05, 0) is 33.7 Å². The lowest BCUT2D eigenvalue weighted by Crippen LogP contribution is -2.32. The summed E-state index contributed by atoms with van der Waals surface area (Å²) < 4.78 is 4.73. The highest BCUT2D eigenvalue weighted by Crippen LogP contribution is 2.57. The largest absolute Gasteiger partial charge is 0.465 e. The van der Waals surface area contributed by atoms with Gasteiger partial charge in [0, 0.05) is 11.8 Å². The third-order valence-corrected chi connectivity index (χ3v) is 5.14. The molecule has 114 valence electrons. The van der Waals surface area contributed by atoms with Gasteiger partial charge in [0.05, 0.1) is 13.2 Å². The fourth-order valence-electron chi connectivity index (χ4n) is 4.18. The summed E-state index contributed by atoms with van der Waals surface area (Å²) in [6, 6.07) is 17.3. The summed E-state index contributed by atoms with van der Waals surface area (Å²) >= 11 is 0. The number of rotatable bonds is 1. The lowest BCUT2D eigenvalue weighted by Gasteiger charge is -2.45. The fourth-order valence-corrected chi connectivity index (χ4v) is 4.18. The summed E-state index contributed by atoms with van der Waals surface area (Å²) in [5, 5.41) is 0. The van der Waals surface area contributed by atoms with Crippen LogP contribution in [0.1, 0.15) is 41.0 Å². The molecule has 0 saturated carbocycles. The Morgan fingerprint density at radius 2 is 1.52 bits per heavy atom. The van der Waals surface area contributed by atoms with Crippen LogP contribution in [0.3, 0.4) is 0 Å². The SMILES string of the molecule is COC(=O)C=C=C1C2c3ccccc3C(c3ccccc32)C1C. The first-order chi connectivity index (χ1) is 11.2. The van der Waals surface area contributed by atoms with Gasteiger partial charge in [0.15, 0.2) is 0 Å². The van der Waals surface area contributed by atoms with E-state index in [4.69, 9.17) is 4.74 Å². The Morgan fingerprint density at radius 1 is 1.00 bits per heavy atom. The van der Waals surface area contributed by atoms with Gasteiger partial charge < -0.3 is 4.74 Å². The second-order valence-corrected chi connectivity index (χ2v) is 6.22. The predicted octanol–water partition coefficient (Wildman–Crippen LogP) is 4.17. The number of hydrogen-bond donors (Lipinski definition) is 0. The first-order valence-corrected chi connectivity index (χ1v) is 7.94. The van der Waals surface area contributed by atoms with Gasteiger partial charge in [-0.3, -0.25) is 0 Å². The van der Waals surface area contributed by atoms with Crippen LogP contribution >= 0.6 is 0 Å². The van der Waals surface area contributed by atoms with Gasteiger partial charge in [0.25, 0.3) is 0 Å². The number of carbonyl (C=O) groups excluding carboxylic acids is 1. The maximum atomic E-state index is 11.5. The number of carbonyl (C=O) groups is 1. The van der Waals surface area contributed by atoms with E-state index in [1.54, 1.807) is 0 Å². The van der Waals surface area contributed by atoms with Crippen molar-refractivity contribution in [3.05, 3.63) is 88.2 Å². The van der Waals surface area contributed by atoms with Crippen LogP contribution in [0.4, 0.5) is 0 Å². The van der Waals surface area contributed by atoms with Crippen LogP contribution in [0, 0.1) is 5.92 Å². The van der Waals surface area contributed by atoms with Crippen molar-refractivity contribution in [1.82, 2.24) is 0 Å². The van der Waals surface area contributed by atoms with Crippen LogP contribution in [0.15, 0.2) is 65.9 Å². The van der Waals surface area contributed by atoms with Crippen molar-refractivity contribution in [2.45, 2.75) is 18.8 Å². The maximum absolute atomic E-state index is 11.5. The van der Waals surface area contributed by atoms with Gasteiger partial charge in [0.1, 0.15) is 0 Å². The van der Waals surface area contributed by atoms with Crippen LogP contribution in [0.5, 0.6) is 0 Å². The van der Waals surface area contributed by atoms with Gasteiger partial charge in [-0.2, -0.15) is 0 Å². The van der Waals surface area contributed by atoms with Crippen molar-refractivity contribution < 1.29 is 9.53 Å². The Bertz CT molecular complexity index is 808. The minimum Gasteiger partial charge on any atom is -0.465 e. The van der Waals surface area contributed by atoms with Crippen LogP contribution in [0.2, 0.25) is 0 Å². The highest BCUT2D eigenvalue weighted by atomic mass is 16.5. The summed E-state index contributed by atoms with van der Waals surface area (Å²) in [6.07, 6.45) is 1.43. The lowest BCUT2D eigenvalue weighted by atomic mass is 9.57. The molecular weight excluding hydrogens is 284 g/mol. The van der Waals surface area contributed by atoms with Crippen LogP contribution in [0.25, 0.3) is 0 Å². The average molecular weight is 302 g/mol. The van der Waals surface area contributed by atoms with E-state index in [1.807, 2.05) is 0 Å². The average Bonchev–Trinajstić information content (AvgIpc) is 2.60. The molecule has 0 radical (unpaired) electrons. The van der Waals surface area contributed by atoms with Crippen LogP contribution in [-0.4, -0.2) is 13.1 Å². The number of methoxy groups -OCH3 is 1. The second kappa shape index (κ2) is 5.26. The molecule has 1 atom stereocenters. The molecule has 0 N–H and O–H groups in total. The minimum atomic E-state index is -0.354. The van der Waals surface area contributed by atoms with Gasteiger partial charge >= 0.3 is 5.97 Å². The zero-order chi connectivity index (χ0) is 16.0. The Morgan fingerprint density at radius 3 is 2.04 bits per heavy atom. The van der Waals surface area contributed by atoms with Gasteiger partial charge in [-0.1, -0.05) is 55.5 Å². The topological polar surface area (TPSA) is 26.3 Å². The third kappa shape index (κ3) is 1.99. The summed E-state index contributed by atoms with van der Waals surface area (Å²) in [6.45, 7) is 2.23. The Hall–Kier alpha value is -2.57. The minimum absolute atomic E-state index is 0.184. The molecular formula is C21H18O2. The Balaban J connectivity index is 1.99. The molecule has 0 aliphatic heterocycles. The van der Waals surface area contributed by atoms with E-state index in [0.717, 1.165) is 0 Å². The molecule has 2 aromatic carbocycles. The van der Waals surface area contributed by atoms with E-state index in [2.05, 4.69) is 61.2 Å². The second-order valence-electron chi connectivity index (χ2n) is 6.22. The van der Waals surface area contributed by atoms with E-state index < -0.39 is 0 Å². The number of benzene rings is 2. The Kier molecular flexibility index (Phi) is 3.21. The fraction of sp³-hybridized carbons (Fsp3) is 0.238. The molecule has 0 aromatic heterocycles. The zero-order valence-electron chi connectivity index (χ0n) is 13.2. The summed E-state index contributed by atoms with van der Waals surface area (Å²) in [7, 11) is 1.40. The van der Waals surface area contributed by atoms with E-state index in [0.29, 0.717) is 11.8 Å². The molecule has 23 heavy (non-hydrogen) atoms. The molecule has 5 rings (SSSR count). The first kappa shape index (κ1) is 14.0. The van der Waals surface area contributed by atoms with E-state index in [-0.39, 0.29) is 11.9 Å². The van der Waals surface area contributed by atoms with Crippen molar-refractivity contribution in [2.24, 2.45) is 5.92 Å². The zero-order valence-corrected chi connectivity index (χ0v) is 13.2. The van der Waals surface area contributed by atoms with Gasteiger partial charge in [-0.15, -0.1) is 5.73 Å². The van der Waals surface area contributed by atoms with Gasteiger partial charge in [-0.25, -0.2) is 4.79 Å².